The van der Waals surface area contributed by atoms with Crippen molar-refractivity contribution >= 4 is 0 Å². The molecule has 0 N–H and O–H groups in total. The maximum atomic E-state index is 2.54. The fraction of sp³-hybridized carbons (Fsp3) is 1.00. The highest BCUT2D eigenvalue weighted by molar-refractivity contribution is 4.90. The molecule has 2 fully saturated rings. The first-order valence-electron chi connectivity index (χ1n) is 12.4. The third kappa shape index (κ3) is 7.20. The molecule has 0 amide bonds. The predicted molar refractivity (Wildman–Crippen MR) is 117 cm³/mol. The normalized spacial score (nSPS) is 31.8. The van der Waals surface area contributed by atoms with Crippen molar-refractivity contribution in [2.75, 3.05) is 0 Å². The Balaban J connectivity index is 1.86. The predicted octanol–water partition coefficient (Wildman–Crippen LogP) is 8.74. The van der Waals surface area contributed by atoms with Crippen LogP contribution in [0.3, 0.4) is 0 Å². The summed E-state index contributed by atoms with van der Waals surface area (Å²) in [4.78, 5) is 0. The smallest absolute Gasteiger partial charge is 0.0355 e. The minimum absolute atomic E-state index is 0.878. The molecule has 0 aromatic heterocycles. The summed E-state index contributed by atoms with van der Waals surface area (Å²) in [6.45, 7) is 14.6. The maximum absolute atomic E-state index is 2.54. The SMILES string of the molecule is CC(C)CCC(C)CC1CCCC2C(CC(C)CCC(C)C)CCCC12. The van der Waals surface area contributed by atoms with Crippen molar-refractivity contribution in [3.63, 3.8) is 0 Å². The molecular formula is C26H50. The zero-order chi connectivity index (χ0) is 19.1. The lowest BCUT2D eigenvalue weighted by Gasteiger charge is -2.47. The van der Waals surface area contributed by atoms with E-state index in [0.717, 1.165) is 47.3 Å². The molecule has 0 aromatic carbocycles. The van der Waals surface area contributed by atoms with Crippen LogP contribution in [0.1, 0.15) is 119 Å². The molecular weight excluding hydrogens is 312 g/mol. The Kier molecular flexibility index (Phi) is 9.53. The first kappa shape index (κ1) is 22.3. The Labute approximate surface area is 166 Å². The van der Waals surface area contributed by atoms with Gasteiger partial charge in [0.25, 0.3) is 0 Å². The molecule has 2 rings (SSSR count). The van der Waals surface area contributed by atoms with Gasteiger partial charge in [0.05, 0.1) is 0 Å². The highest BCUT2D eigenvalue weighted by atomic mass is 14.5. The van der Waals surface area contributed by atoms with Crippen molar-refractivity contribution in [3.05, 3.63) is 0 Å². The van der Waals surface area contributed by atoms with Crippen LogP contribution in [-0.4, -0.2) is 0 Å². The number of fused-ring (bicyclic) bond motifs is 1. The molecule has 0 aromatic rings. The third-order valence-electron chi connectivity index (χ3n) is 7.87. The van der Waals surface area contributed by atoms with Crippen LogP contribution in [0.2, 0.25) is 0 Å². The summed E-state index contributed by atoms with van der Waals surface area (Å²) in [5, 5.41) is 0. The van der Waals surface area contributed by atoms with Crippen molar-refractivity contribution in [2.45, 2.75) is 119 Å². The zero-order valence-corrected chi connectivity index (χ0v) is 19.1. The summed E-state index contributed by atoms with van der Waals surface area (Å²) in [6, 6.07) is 0. The molecule has 0 spiro atoms. The second kappa shape index (κ2) is 11.1. The molecule has 0 radical (unpaired) electrons. The lowest BCUT2D eigenvalue weighted by molar-refractivity contribution is 0.0325. The Hall–Kier alpha value is 0. The monoisotopic (exact) mass is 362 g/mol. The van der Waals surface area contributed by atoms with Gasteiger partial charge in [-0.05, 0) is 73.0 Å². The Morgan fingerprint density at radius 3 is 1.27 bits per heavy atom. The summed E-state index contributed by atoms with van der Waals surface area (Å²) >= 11 is 0. The van der Waals surface area contributed by atoms with E-state index >= 15 is 0 Å². The van der Waals surface area contributed by atoms with Crippen LogP contribution >= 0.6 is 0 Å². The van der Waals surface area contributed by atoms with E-state index in [9.17, 15) is 0 Å². The lowest BCUT2D eigenvalue weighted by atomic mass is 9.58. The van der Waals surface area contributed by atoms with E-state index in [0.29, 0.717) is 0 Å². The second-order valence-corrected chi connectivity index (χ2v) is 11.3. The van der Waals surface area contributed by atoms with Crippen molar-refractivity contribution in [1.29, 1.82) is 0 Å². The van der Waals surface area contributed by atoms with Gasteiger partial charge in [-0.25, -0.2) is 0 Å². The van der Waals surface area contributed by atoms with Gasteiger partial charge in [-0.15, -0.1) is 0 Å². The van der Waals surface area contributed by atoms with E-state index in [1.807, 2.05) is 0 Å². The van der Waals surface area contributed by atoms with Gasteiger partial charge in [0.15, 0.2) is 0 Å². The van der Waals surface area contributed by atoms with Crippen LogP contribution < -0.4 is 0 Å². The van der Waals surface area contributed by atoms with Crippen LogP contribution in [0, 0.1) is 47.3 Å². The standard InChI is InChI=1S/C26H50/c1-19(2)13-15-21(5)17-23-9-7-12-26-24(10-8-11-25(23)26)18-22(6)16-14-20(3)4/h19-26H,7-18H2,1-6H3. The minimum Gasteiger partial charge on any atom is -0.0628 e. The van der Waals surface area contributed by atoms with Crippen molar-refractivity contribution in [1.82, 2.24) is 0 Å². The van der Waals surface area contributed by atoms with Gasteiger partial charge in [-0.2, -0.15) is 0 Å². The van der Waals surface area contributed by atoms with E-state index < -0.39 is 0 Å². The van der Waals surface area contributed by atoms with E-state index in [-0.39, 0.29) is 0 Å². The largest absolute Gasteiger partial charge is 0.0628 e. The summed E-state index contributed by atoms with van der Waals surface area (Å²) < 4.78 is 0. The summed E-state index contributed by atoms with van der Waals surface area (Å²) in [7, 11) is 0. The van der Waals surface area contributed by atoms with Crippen LogP contribution in [-0.2, 0) is 0 Å². The van der Waals surface area contributed by atoms with E-state index in [1.54, 1.807) is 25.7 Å². The quantitative estimate of drug-likeness (QED) is 0.364. The number of hydrogen-bond donors (Lipinski definition) is 0. The Morgan fingerprint density at radius 2 is 0.923 bits per heavy atom. The van der Waals surface area contributed by atoms with Gasteiger partial charge in [-0.3, -0.25) is 0 Å². The second-order valence-electron chi connectivity index (χ2n) is 11.3. The molecule has 2 aliphatic rings. The summed E-state index contributed by atoms with van der Waals surface area (Å²) in [6.07, 6.45) is 18.1. The lowest BCUT2D eigenvalue weighted by Crippen LogP contribution is -2.37. The first-order chi connectivity index (χ1) is 12.4. The average Bonchev–Trinajstić information content (AvgIpc) is 2.59. The number of rotatable bonds is 10. The highest BCUT2D eigenvalue weighted by Gasteiger charge is 2.40. The van der Waals surface area contributed by atoms with Gasteiger partial charge in [0, 0.05) is 0 Å². The van der Waals surface area contributed by atoms with Gasteiger partial charge in [0.2, 0.25) is 0 Å². The molecule has 2 aliphatic carbocycles. The average molecular weight is 363 g/mol. The Morgan fingerprint density at radius 1 is 0.538 bits per heavy atom. The van der Waals surface area contributed by atoms with Crippen LogP contribution in [0.5, 0.6) is 0 Å². The third-order valence-corrected chi connectivity index (χ3v) is 7.87. The highest BCUT2D eigenvalue weighted by Crippen LogP contribution is 2.50. The van der Waals surface area contributed by atoms with E-state index in [4.69, 9.17) is 0 Å². The fourth-order valence-corrected chi connectivity index (χ4v) is 6.35. The van der Waals surface area contributed by atoms with Gasteiger partial charge in [-0.1, -0.05) is 92.9 Å². The fourth-order valence-electron chi connectivity index (χ4n) is 6.35. The Bertz CT molecular complexity index is 332. The molecule has 6 unspecified atom stereocenters. The molecule has 2 saturated carbocycles. The molecule has 0 heteroatoms. The molecule has 26 heavy (non-hydrogen) atoms. The number of hydrogen-bond acceptors (Lipinski definition) is 0. The van der Waals surface area contributed by atoms with Crippen LogP contribution in [0.25, 0.3) is 0 Å². The van der Waals surface area contributed by atoms with Gasteiger partial charge >= 0.3 is 0 Å². The van der Waals surface area contributed by atoms with E-state index in [1.165, 1.54) is 51.4 Å². The van der Waals surface area contributed by atoms with E-state index in [2.05, 4.69) is 41.5 Å². The minimum atomic E-state index is 0.878. The summed E-state index contributed by atoms with van der Waals surface area (Å²) in [5.41, 5.74) is 0. The molecule has 0 nitrogen and oxygen atoms in total. The van der Waals surface area contributed by atoms with Gasteiger partial charge < -0.3 is 0 Å². The first-order valence-corrected chi connectivity index (χ1v) is 12.4. The van der Waals surface area contributed by atoms with Crippen molar-refractivity contribution < 1.29 is 0 Å². The molecule has 6 atom stereocenters. The maximum Gasteiger partial charge on any atom is -0.0355 e. The van der Waals surface area contributed by atoms with Crippen molar-refractivity contribution in [2.24, 2.45) is 47.3 Å². The zero-order valence-electron chi connectivity index (χ0n) is 19.1. The van der Waals surface area contributed by atoms with Crippen molar-refractivity contribution in [3.8, 4) is 0 Å². The molecule has 0 saturated heterocycles. The topological polar surface area (TPSA) is 0 Å². The molecule has 0 aliphatic heterocycles. The van der Waals surface area contributed by atoms with Gasteiger partial charge in [0.1, 0.15) is 0 Å². The summed E-state index contributed by atoms with van der Waals surface area (Å²) in [5.74, 6) is 7.95. The molecule has 0 heterocycles. The van der Waals surface area contributed by atoms with Crippen LogP contribution in [0.4, 0.5) is 0 Å². The molecule has 154 valence electrons. The van der Waals surface area contributed by atoms with Crippen LogP contribution in [0.15, 0.2) is 0 Å². The molecule has 0 bridgehead atoms.